The molecule has 6 heteroatoms. The Balaban J connectivity index is 2.41. The van der Waals surface area contributed by atoms with E-state index in [-0.39, 0.29) is 13.0 Å². The number of carbonyl (C=O) groups is 1. The average Bonchev–Trinajstić information content (AvgIpc) is 2.95. The van der Waals surface area contributed by atoms with Crippen molar-refractivity contribution in [2.75, 3.05) is 0 Å². The van der Waals surface area contributed by atoms with Crippen molar-refractivity contribution in [3.8, 4) is 17.2 Å². The second-order valence-electron chi connectivity index (χ2n) is 4.78. The molecule has 2 rings (SSSR count). The largest absolute Gasteiger partial charge is 0.388 e. The van der Waals surface area contributed by atoms with Crippen LogP contribution in [0.25, 0.3) is 11.1 Å². The number of rotatable bonds is 6. The Morgan fingerprint density at radius 1 is 1.59 bits per heavy atom. The van der Waals surface area contributed by atoms with Crippen LogP contribution in [0.2, 0.25) is 5.02 Å². The van der Waals surface area contributed by atoms with E-state index >= 15 is 0 Å². The Morgan fingerprint density at radius 3 is 3.05 bits per heavy atom. The fourth-order valence-corrected chi connectivity index (χ4v) is 2.31. The van der Waals surface area contributed by atoms with Crippen LogP contribution in [0.3, 0.4) is 0 Å². The maximum absolute atomic E-state index is 10.5. The van der Waals surface area contributed by atoms with Gasteiger partial charge in [-0.2, -0.15) is 10.4 Å². The SMILES string of the molecule is C=C(C#N)CC(O)c1ccc(Cl)cc1-c1cnn(CC=O)c1. The van der Waals surface area contributed by atoms with Gasteiger partial charge in [0, 0.05) is 28.8 Å². The van der Waals surface area contributed by atoms with Crippen molar-refractivity contribution in [2.45, 2.75) is 19.1 Å². The highest BCUT2D eigenvalue weighted by atomic mass is 35.5. The van der Waals surface area contributed by atoms with Crippen molar-refractivity contribution in [2.24, 2.45) is 0 Å². The summed E-state index contributed by atoms with van der Waals surface area (Å²) in [6, 6.07) is 7.03. The predicted octanol–water partition coefficient (Wildman–Crippen LogP) is 2.91. The van der Waals surface area contributed by atoms with Gasteiger partial charge in [0.2, 0.25) is 0 Å². The normalized spacial score (nSPS) is 11.7. The Morgan fingerprint density at radius 2 is 2.36 bits per heavy atom. The molecule has 1 heterocycles. The number of hydrogen-bond donors (Lipinski definition) is 1. The molecule has 1 unspecified atom stereocenters. The number of aldehydes is 1. The highest BCUT2D eigenvalue weighted by Crippen LogP contribution is 2.33. The fraction of sp³-hybridized carbons (Fsp3) is 0.188. The van der Waals surface area contributed by atoms with Gasteiger partial charge in [-0.3, -0.25) is 4.68 Å². The third-order valence-corrected chi connectivity index (χ3v) is 3.41. The van der Waals surface area contributed by atoms with Crippen LogP contribution in [0, 0.1) is 11.3 Å². The van der Waals surface area contributed by atoms with Crippen molar-refractivity contribution >= 4 is 17.9 Å². The van der Waals surface area contributed by atoms with Gasteiger partial charge in [-0.15, -0.1) is 0 Å². The quantitative estimate of drug-likeness (QED) is 0.656. The molecule has 1 aromatic heterocycles. The van der Waals surface area contributed by atoms with Crippen LogP contribution in [0.4, 0.5) is 0 Å². The number of carbonyl (C=O) groups excluding carboxylic acids is 1. The Kier molecular flexibility index (Phi) is 5.10. The number of benzene rings is 1. The van der Waals surface area contributed by atoms with Crippen LogP contribution in [0.15, 0.2) is 42.7 Å². The molecule has 0 amide bonds. The first-order chi connectivity index (χ1) is 10.5. The van der Waals surface area contributed by atoms with Gasteiger partial charge in [-0.1, -0.05) is 24.2 Å². The van der Waals surface area contributed by atoms with Gasteiger partial charge in [-0.05, 0) is 23.3 Å². The molecule has 0 spiro atoms. The maximum atomic E-state index is 10.5. The van der Waals surface area contributed by atoms with E-state index in [0.29, 0.717) is 21.7 Å². The lowest BCUT2D eigenvalue weighted by Crippen LogP contribution is -2.01. The van der Waals surface area contributed by atoms with Gasteiger partial charge in [0.05, 0.1) is 24.9 Å². The first kappa shape index (κ1) is 16.0. The number of nitriles is 1. The Labute approximate surface area is 133 Å². The van der Waals surface area contributed by atoms with Crippen molar-refractivity contribution < 1.29 is 9.90 Å². The van der Waals surface area contributed by atoms with E-state index in [1.54, 1.807) is 30.6 Å². The van der Waals surface area contributed by atoms with Crippen molar-refractivity contribution in [1.82, 2.24) is 9.78 Å². The van der Waals surface area contributed by atoms with Crippen LogP contribution in [-0.2, 0) is 11.3 Å². The molecule has 0 bridgehead atoms. The zero-order valence-corrected chi connectivity index (χ0v) is 12.5. The molecule has 0 aliphatic rings. The van der Waals surface area contributed by atoms with E-state index < -0.39 is 6.10 Å². The van der Waals surface area contributed by atoms with Crippen LogP contribution >= 0.6 is 11.6 Å². The molecule has 0 saturated heterocycles. The van der Waals surface area contributed by atoms with Gasteiger partial charge in [0.1, 0.15) is 6.29 Å². The average molecular weight is 316 g/mol. The second kappa shape index (κ2) is 7.03. The lowest BCUT2D eigenvalue weighted by molar-refractivity contribution is -0.108. The molecule has 0 aliphatic heterocycles. The Hall–Kier alpha value is -2.42. The first-order valence-corrected chi connectivity index (χ1v) is 6.94. The summed E-state index contributed by atoms with van der Waals surface area (Å²) in [5.74, 6) is 0. The maximum Gasteiger partial charge on any atom is 0.141 e. The molecule has 1 aromatic carbocycles. The zero-order valence-electron chi connectivity index (χ0n) is 11.7. The fourth-order valence-electron chi connectivity index (χ4n) is 2.14. The standard InChI is InChI=1S/C16H14ClN3O2/c1-11(8-18)6-16(22)14-3-2-13(17)7-15(14)12-9-19-20(10-12)4-5-21/h2-3,5,7,9-10,16,22H,1,4,6H2. The van der Waals surface area contributed by atoms with E-state index in [1.807, 2.05) is 6.07 Å². The highest BCUT2D eigenvalue weighted by molar-refractivity contribution is 6.30. The van der Waals surface area contributed by atoms with Crippen molar-refractivity contribution in [1.29, 1.82) is 5.26 Å². The van der Waals surface area contributed by atoms with Crippen molar-refractivity contribution in [3.05, 3.63) is 53.3 Å². The van der Waals surface area contributed by atoms with Crippen LogP contribution in [0.5, 0.6) is 0 Å². The molecule has 0 radical (unpaired) electrons. The molecule has 1 N–H and O–H groups in total. The van der Waals surface area contributed by atoms with Crippen LogP contribution in [-0.4, -0.2) is 21.2 Å². The second-order valence-corrected chi connectivity index (χ2v) is 5.22. The smallest absolute Gasteiger partial charge is 0.141 e. The number of aromatic nitrogens is 2. The summed E-state index contributed by atoms with van der Waals surface area (Å²) in [4.78, 5) is 10.5. The van der Waals surface area contributed by atoms with E-state index in [9.17, 15) is 9.90 Å². The minimum absolute atomic E-state index is 0.146. The van der Waals surface area contributed by atoms with E-state index in [1.165, 1.54) is 4.68 Å². The van der Waals surface area contributed by atoms with Gasteiger partial charge in [-0.25, -0.2) is 0 Å². The number of hydrogen-bond acceptors (Lipinski definition) is 4. The van der Waals surface area contributed by atoms with Gasteiger partial charge >= 0.3 is 0 Å². The topological polar surface area (TPSA) is 78.9 Å². The van der Waals surface area contributed by atoms with Crippen LogP contribution < -0.4 is 0 Å². The molecule has 2 aromatic rings. The molecule has 1 atom stereocenters. The predicted molar refractivity (Wildman–Crippen MR) is 83.1 cm³/mol. The molecule has 0 fully saturated rings. The number of halogens is 1. The highest BCUT2D eigenvalue weighted by Gasteiger charge is 2.16. The summed E-state index contributed by atoms with van der Waals surface area (Å²) in [5, 5.41) is 23.7. The monoisotopic (exact) mass is 315 g/mol. The molecule has 5 nitrogen and oxygen atoms in total. The summed E-state index contributed by atoms with van der Waals surface area (Å²) < 4.78 is 1.49. The molecular weight excluding hydrogens is 302 g/mol. The lowest BCUT2D eigenvalue weighted by atomic mass is 9.95. The minimum Gasteiger partial charge on any atom is -0.388 e. The minimum atomic E-state index is -0.867. The third-order valence-electron chi connectivity index (χ3n) is 3.18. The molecule has 0 aliphatic carbocycles. The number of nitrogens with zero attached hydrogens (tertiary/aromatic N) is 3. The van der Waals surface area contributed by atoms with Crippen molar-refractivity contribution in [3.63, 3.8) is 0 Å². The summed E-state index contributed by atoms with van der Waals surface area (Å²) in [6.45, 7) is 3.74. The molecule has 22 heavy (non-hydrogen) atoms. The van der Waals surface area contributed by atoms with Gasteiger partial charge in [0.15, 0.2) is 0 Å². The van der Waals surface area contributed by atoms with Gasteiger partial charge in [0.25, 0.3) is 0 Å². The summed E-state index contributed by atoms with van der Waals surface area (Å²) in [6.07, 6.45) is 3.34. The lowest BCUT2D eigenvalue weighted by Gasteiger charge is -2.14. The van der Waals surface area contributed by atoms with Gasteiger partial charge < -0.3 is 9.90 Å². The summed E-state index contributed by atoms with van der Waals surface area (Å²) in [7, 11) is 0. The molecular formula is C16H14ClN3O2. The summed E-state index contributed by atoms with van der Waals surface area (Å²) >= 11 is 6.04. The summed E-state index contributed by atoms with van der Waals surface area (Å²) in [5.41, 5.74) is 2.38. The van der Waals surface area contributed by atoms with E-state index in [2.05, 4.69) is 11.7 Å². The third kappa shape index (κ3) is 3.61. The van der Waals surface area contributed by atoms with E-state index in [4.69, 9.17) is 16.9 Å². The first-order valence-electron chi connectivity index (χ1n) is 6.57. The molecule has 112 valence electrons. The number of aliphatic hydroxyl groups excluding tert-OH is 1. The van der Waals surface area contributed by atoms with Crippen LogP contribution in [0.1, 0.15) is 18.1 Å². The molecule has 0 saturated carbocycles. The Bertz CT molecular complexity index is 746. The van der Waals surface area contributed by atoms with E-state index in [0.717, 1.165) is 11.8 Å². The number of aliphatic hydroxyl groups is 1. The zero-order chi connectivity index (χ0) is 16.1.